The number of rotatable bonds is 3. The van der Waals surface area contributed by atoms with Crippen molar-refractivity contribution < 1.29 is 18.0 Å². The van der Waals surface area contributed by atoms with Crippen LogP contribution in [0.2, 0.25) is 0 Å². The van der Waals surface area contributed by atoms with E-state index in [2.05, 4.69) is 15.2 Å². The predicted molar refractivity (Wildman–Crippen MR) is 54.0 cm³/mol. The van der Waals surface area contributed by atoms with Crippen LogP contribution in [0, 0.1) is 17.5 Å². The van der Waals surface area contributed by atoms with Crippen molar-refractivity contribution in [3.8, 4) is 0 Å². The number of carbonyl (C=O) groups is 1. The quantitative estimate of drug-likeness (QED) is 0.800. The number of hydrogen-bond donors (Lipinski definition) is 2. The molecule has 3 N–H and O–H groups in total. The molecule has 1 amide bonds. The van der Waals surface area contributed by atoms with Gasteiger partial charge in [-0.25, -0.2) is 18.2 Å². The summed E-state index contributed by atoms with van der Waals surface area (Å²) >= 11 is 0. The fourth-order valence-electron chi connectivity index (χ4n) is 1.37. The zero-order chi connectivity index (χ0) is 13.3. The van der Waals surface area contributed by atoms with Gasteiger partial charge < -0.3 is 5.73 Å². The second-order valence-electron chi connectivity index (χ2n) is 3.48. The third-order valence-corrected chi connectivity index (χ3v) is 2.23. The molecule has 1 aromatic heterocycles. The van der Waals surface area contributed by atoms with Gasteiger partial charge in [0, 0.05) is 6.42 Å². The number of hydrogen-bond acceptors (Lipinski definition) is 3. The number of nitrogens with two attached hydrogens (primary N) is 1. The maximum atomic E-state index is 13.3. The number of amides is 1. The molecule has 1 aromatic carbocycles. The second-order valence-corrected chi connectivity index (χ2v) is 3.48. The molecule has 0 fully saturated rings. The Kier molecular flexibility index (Phi) is 3.00. The summed E-state index contributed by atoms with van der Waals surface area (Å²) in [5.41, 5.74) is 4.82. The van der Waals surface area contributed by atoms with Crippen molar-refractivity contribution >= 4 is 5.91 Å². The van der Waals surface area contributed by atoms with Crippen LogP contribution in [0.4, 0.5) is 13.2 Å². The predicted octanol–water partition coefficient (Wildman–Crippen LogP) is 0.912. The first-order valence-corrected chi connectivity index (χ1v) is 4.82. The molecule has 0 bridgehead atoms. The number of benzene rings is 1. The van der Waals surface area contributed by atoms with Crippen LogP contribution in [0.3, 0.4) is 0 Å². The Labute approximate surface area is 98.8 Å². The SMILES string of the molecule is NC(=O)c1n[nH]c(Cc2ccc(F)c(F)c2F)n1. The summed E-state index contributed by atoms with van der Waals surface area (Å²) in [6.45, 7) is 0. The van der Waals surface area contributed by atoms with E-state index in [1.54, 1.807) is 0 Å². The molecule has 5 nitrogen and oxygen atoms in total. The highest BCUT2D eigenvalue weighted by molar-refractivity contribution is 5.88. The van der Waals surface area contributed by atoms with Gasteiger partial charge in [0.15, 0.2) is 17.5 Å². The molecule has 0 saturated carbocycles. The largest absolute Gasteiger partial charge is 0.363 e. The molecule has 2 aromatic rings. The highest BCUT2D eigenvalue weighted by Gasteiger charge is 2.15. The number of aromatic amines is 1. The summed E-state index contributed by atoms with van der Waals surface area (Å²) in [7, 11) is 0. The molecule has 0 aliphatic carbocycles. The van der Waals surface area contributed by atoms with Crippen LogP contribution in [-0.2, 0) is 6.42 Å². The van der Waals surface area contributed by atoms with E-state index in [9.17, 15) is 18.0 Å². The molecule has 94 valence electrons. The first-order chi connectivity index (χ1) is 8.49. The molecule has 0 aliphatic heterocycles. The molecular formula is C10H7F3N4O. The first kappa shape index (κ1) is 12.1. The Morgan fingerprint density at radius 1 is 1.28 bits per heavy atom. The minimum absolute atomic E-state index is 0.110. The number of primary amides is 1. The molecule has 1 heterocycles. The Morgan fingerprint density at radius 3 is 2.61 bits per heavy atom. The van der Waals surface area contributed by atoms with Gasteiger partial charge in [0.1, 0.15) is 5.82 Å². The smallest absolute Gasteiger partial charge is 0.288 e. The Hall–Kier alpha value is -2.38. The van der Waals surface area contributed by atoms with E-state index in [0.717, 1.165) is 12.1 Å². The lowest BCUT2D eigenvalue weighted by Crippen LogP contribution is -2.12. The summed E-state index contributed by atoms with van der Waals surface area (Å²) in [4.78, 5) is 14.4. The minimum Gasteiger partial charge on any atom is -0.363 e. The molecule has 0 atom stereocenters. The van der Waals surface area contributed by atoms with Crippen LogP contribution in [-0.4, -0.2) is 21.1 Å². The third-order valence-electron chi connectivity index (χ3n) is 2.23. The number of H-pyrrole nitrogens is 1. The van der Waals surface area contributed by atoms with E-state index in [0.29, 0.717) is 0 Å². The van der Waals surface area contributed by atoms with E-state index in [1.165, 1.54) is 0 Å². The lowest BCUT2D eigenvalue weighted by Gasteiger charge is -2.02. The lowest BCUT2D eigenvalue weighted by atomic mass is 10.1. The Bertz CT molecular complexity index is 611. The van der Waals surface area contributed by atoms with Crippen LogP contribution < -0.4 is 5.73 Å². The minimum atomic E-state index is -1.55. The summed E-state index contributed by atoms with van der Waals surface area (Å²) in [6, 6.07) is 1.89. The second kappa shape index (κ2) is 4.47. The van der Waals surface area contributed by atoms with Gasteiger partial charge >= 0.3 is 0 Å². The number of aromatic nitrogens is 3. The molecule has 2 rings (SSSR count). The Balaban J connectivity index is 2.28. The average molecular weight is 256 g/mol. The fourth-order valence-corrected chi connectivity index (χ4v) is 1.37. The zero-order valence-electron chi connectivity index (χ0n) is 8.88. The normalized spacial score (nSPS) is 10.6. The molecular weight excluding hydrogens is 249 g/mol. The number of nitrogens with zero attached hydrogens (tertiary/aromatic N) is 2. The van der Waals surface area contributed by atoms with Gasteiger partial charge in [0.2, 0.25) is 5.82 Å². The van der Waals surface area contributed by atoms with Crippen LogP contribution in [0.1, 0.15) is 22.0 Å². The van der Waals surface area contributed by atoms with Crippen molar-refractivity contribution in [1.82, 2.24) is 15.2 Å². The van der Waals surface area contributed by atoms with Gasteiger partial charge in [-0.05, 0) is 11.6 Å². The van der Waals surface area contributed by atoms with Crippen LogP contribution >= 0.6 is 0 Å². The number of nitrogens with one attached hydrogen (secondary N) is 1. The van der Waals surface area contributed by atoms with Gasteiger partial charge in [-0.1, -0.05) is 6.07 Å². The first-order valence-electron chi connectivity index (χ1n) is 4.82. The van der Waals surface area contributed by atoms with E-state index >= 15 is 0 Å². The van der Waals surface area contributed by atoms with Crippen molar-refractivity contribution in [1.29, 1.82) is 0 Å². The highest BCUT2D eigenvalue weighted by atomic mass is 19.2. The average Bonchev–Trinajstić information content (AvgIpc) is 2.79. The molecule has 18 heavy (non-hydrogen) atoms. The van der Waals surface area contributed by atoms with Crippen LogP contribution in [0.25, 0.3) is 0 Å². The van der Waals surface area contributed by atoms with Gasteiger partial charge in [-0.15, -0.1) is 5.10 Å². The molecule has 0 unspecified atom stereocenters. The van der Waals surface area contributed by atoms with Crippen molar-refractivity contribution in [2.24, 2.45) is 5.73 Å². The molecule has 8 heteroatoms. The summed E-state index contributed by atoms with van der Waals surface area (Å²) < 4.78 is 39.0. The summed E-state index contributed by atoms with van der Waals surface area (Å²) in [6.07, 6.45) is -0.163. The topological polar surface area (TPSA) is 84.7 Å². The van der Waals surface area contributed by atoms with E-state index in [4.69, 9.17) is 5.73 Å². The van der Waals surface area contributed by atoms with Gasteiger partial charge in [0.25, 0.3) is 5.91 Å². The molecule has 0 spiro atoms. The van der Waals surface area contributed by atoms with Crippen molar-refractivity contribution in [3.63, 3.8) is 0 Å². The molecule has 0 aliphatic rings. The number of halogens is 3. The number of carbonyl (C=O) groups excluding carboxylic acids is 1. The molecule has 0 radical (unpaired) electrons. The van der Waals surface area contributed by atoms with E-state index in [-0.39, 0.29) is 23.6 Å². The standard InChI is InChI=1S/C10H7F3N4O/c11-5-2-1-4(7(12)8(5)13)3-6-15-10(9(14)18)17-16-6/h1-2H,3H2,(H2,14,18)(H,15,16,17). The summed E-state index contributed by atoms with van der Waals surface area (Å²) in [5.74, 6) is -5.11. The maximum absolute atomic E-state index is 13.3. The third kappa shape index (κ3) is 2.17. The molecule has 0 saturated heterocycles. The van der Waals surface area contributed by atoms with Gasteiger partial charge in [0.05, 0.1) is 0 Å². The lowest BCUT2D eigenvalue weighted by molar-refractivity contribution is 0.0991. The monoisotopic (exact) mass is 256 g/mol. The van der Waals surface area contributed by atoms with Gasteiger partial charge in [-0.2, -0.15) is 0 Å². The van der Waals surface area contributed by atoms with Crippen molar-refractivity contribution in [2.45, 2.75) is 6.42 Å². The van der Waals surface area contributed by atoms with E-state index in [1.807, 2.05) is 0 Å². The maximum Gasteiger partial charge on any atom is 0.288 e. The fraction of sp³-hybridized carbons (Fsp3) is 0.100. The van der Waals surface area contributed by atoms with Gasteiger partial charge in [-0.3, -0.25) is 9.89 Å². The van der Waals surface area contributed by atoms with Crippen molar-refractivity contribution in [3.05, 3.63) is 46.8 Å². The van der Waals surface area contributed by atoms with Crippen LogP contribution in [0.5, 0.6) is 0 Å². The van der Waals surface area contributed by atoms with Crippen LogP contribution in [0.15, 0.2) is 12.1 Å². The zero-order valence-corrected chi connectivity index (χ0v) is 8.88. The Morgan fingerprint density at radius 2 is 2.00 bits per heavy atom. The summed E-state index contributed by atoms with van der Waals surface area (Å²) in [5, 5.41) is 5.83. The van der Waals surface area contributed by atoms with Crippen molar-refractivity contribution in [2.75, 3.05) is 0 Å². The van der Waals surface area contributed by atoms with E-state index < -0.39 is 23.4 Å². The highest BCUT2D eigenvalue weighted by Crippen LogP contribution is 2.17.